The molecule has 0 spiro atoms. The molecule has 0 amide bonds. The van der Waals surface area contributed by atoms with Crippen LogP contribution in [0.1, 0.15) is 19.4 Å². The fraction of sp³-hybridized carbons (Fsp3) is 0.455. The molecule has 0 saturated carbocycles. The Kier molecular flexibility index (Phi) is 4.57. The van der Waals surface area contributed by atoms with E-state index in [1.165, 1.54) is 17.8 Å². The van der Waals surface area contributed by atoms with Crippen LogP contribution in [-0.4, -0.2) is 16.5 Å². The van der Waals surface area contributed by atoms with Gasteiger partial charge in [0.2, 0.25) is 0 Å². The quantitative estimate of drug-likeness (QED) is 0.778. The van der Waals surface area contributed by atoms with Gasteiger partial charge in [0.05, 0.1) is 6.10 Å². The lowest BCUT2D eigenvalue weighted by Crippen LogP contribution is -2.15. The van der Waals surface area contributed by atoms with Crippen LogP contribution in [0.25, 0.3) is 0 Å². The molecule has 1 aromatic carbocycles. The molecule has 0 aliphatic heterocycles. The zero-order valence-corrected chi connectivity index (χ0v) is 9.72. The molecule has 1 aromatic rings. The summed E-state index contributed by atoms with van der Waals surface area (Å²) in [6.45, 7) is 3.91. The average molecular weight is 229 g/mol. The first-order chi connectivity index (χ1) is 7.04. The van der Waals surface area contributed by atoms with Crippen LogP contribution in [0.15, 0.2) is 23.1 Å². The van der Waals surface area contributed by atoms with Gasteiger partial charge >= 0.3 is 0 Å². The van der Waals surface area contributed by atoms with Crippen molar-refractivity contribution >= 4 is 11.8 Å². The molecule has 0 bridgehead atoms. The maximum atomic E-state index is 13.5. The molecule has 4 heteroatoms. The van der Waals surface area contributed by atoms with Crippen LogP contribution in [0.2, 0.25) is 0 Å². The van der Waals surface area contributed by atoms with Crippen LogP contribution in [-0.2, 0) is 6.54 Å². The Hall–Kier alpha value is -0.580. The van der Waals surface area contributed by atoms with E-state index in [-0.39, 0.29) is 11.1 Å². The fourth-order valence-electron chi connectivity index (χ4n) is 1.07. The highest BCUT2D eigenvalue weighted by atomic mass is 32.2. The molecule has 2 atom stereocenters. The number of nitrogens with two attached hydrogens (primary N) is 1. The summed E-state index contributed by atoms with van der Waals surface area (Å²) in [6.07, 6.45) is -0.455. The highest BCUT2D eigenvalue weighted by Crippen LogP contribution is 2.28. The van der Waals surface area contributed by atoms with Crippen LogP contribution in [0.3, 0.4) is 0 Å². The molecule has 0 aromatic heterocycles. The summed E-state index contributed by atoms with van der Waals surface area (Å²) in [6, 6.07) is 4.96. The van der Waals surface area contributed by atoms with E-state index in [4.69, 9.17) is 5.73 Å². The van der Waals surface area contributed by atoms with E-state index >= 15 is 0 Å². The molecule has 15 heavy (non-hydrogen) atoms. The Morgan fingerprint density at radius 1 is 1.47 bits per heavy atom. The lowest BCUT2D eigenvalue weighted by molar-refractivity contribution is 0.196. The summed E-state index contributed by atoms with van der Waals surface area (Å²) in [4.78, 5) is 0.556. The summed E-state index contributed by atoms with van der Waals surface area (Å²) >= 11 is 1.33. The summed E-state index contributed by atoms with van der Waals surface area (Å²) in [5.41, 5.74) is 6.18. The maximum Gasteiger partial charge on any atom is 0.137 e. The van der Waals surface area contributed by atoms with Crippen LogP contribution in [0.5, 0.6) is 0 Å². The molecule has 2 nitrogen and oxygen atoms in total. The number of halogens is 1. The zero-order valence-electron chi connectivity index (χ0n) is 8.90. The van der Waals surface area contributed by atoms with Gasteiger partial charge < -0.3 is 10.8 Å². The van der Waals surface area contributed by atoms with Crippen LogP contribution in [0, 0.1) is 5.82 Å². The second kappa shape index (κ2) is 5.49. The fourth-order valence-corrected chi connectivity index (χ4v) is 1.98. The molecule has 84 valence electrons. The molecule has 0 heterocycles. The maximum absolute atomic E-state index is 13.5. The van der Waals surface area contributed by atoms with E-state index in [9.17, 15) is 9.50 Å². The molecule has 0 aliphatic rings. The first kappa shape index (κ1) is 12.5. The molecular weight excluding hydrogens is 213 g/mol. The molecule has 0 fully saturated rings. The van der Waals surface area contributed by atoms with Gasteiger partial charge in [0, 0.05) is 16.7 Å². The van der Waals surface area contributed by atoms with Gasteiger partial charge in [-0.3, -0.25) is 0 Å². The second-order valence-electron chi connectivity index (χ2n) is 3.53. The summed E-state index contributed by atoms with van der Waals surface area (Å²) < 4.78 is 13.5. The molecular formula is C11H16FNOS. The lowest BCUT2D eigenvalue weighted by Gasteiger charge is -2.14. The standard InChI is InChI=1S/C11H16FNOS/c1-7(14)8(2)15-11-4-3-9(6-13)5-10(11)12/h3-5,7-8,14H,6,13H2,1-2H3. The number of hydrogen-bond donors (Lipinski definition) is 2. The number of benzene rings is 1. The van der Waals surface area contributed by atoms with Crippen LogP contribution in [0.4, 0.5) is 4.39 Å². The van der Waals surface area contributed by atoms with Crippen molar-refractivity contribution in [1.82, 2.24) is 0 Å². The molecule has 3 N–H and O–H groups in total. The van der Waals surface area contributed by atoms with Gasteiger partial charge in [-0.15, -0.1) is 11.8 Å². The van der Waals surface area contributed by atoms with Crippen molar-refractivity contribution in [2.75, 3.05) is 0 Å². The average Bonchev–Trinajstić information content (AvgIpc) is 2.20. The van der Waals surface area contributed by atoms with E-state index in [0.717, 1.165) is 5.56 Å². The Bertz CT molecular complexity index is 330. The minimum absolute atomic E-state index is 0.0248. The van der Waals surface area contributed by atoms with Crippen molar-refractivity contribution < 1.29 is 9.50 Å². The third kappa shape index (κ3) is 3.48. The smallest absolute Gasteiger partial charge is 0.137 e. The number of aliphatic hydroxyl groups excluding tert-OH is 1. The van der Waals surface area contributed by atoms with E-state index < -0.39 is 6.10 Å². The van der Waals surface area contributed by atoms with E-state index in [2.05, 4.69) is 0 Å². The molecule has 1 rings (SSSR count). The predicted molar refractivity (Wildman–Crippen MR) is 61.3 cm³/mol. The van der Waals surface area contributed by atoms with E-state index in [0.29, 0.717) is 11.4 Å². The monoisotopic (exact) mass is 229 g/mol. The van der Waals surface area contributed by atoms with Crippen molar-refractivity contribution in [3.63, 3.8) is 0 Å². The van der Waals surface area contributed by atoms with Gasteiger partial charge in [-0.2, -0.15) is 0 Å². The van der Waals surface area contributed by atoms with Gasteiger partial charge in [-0.05, 0) is 24.6 Å². The Balaban J connectivity index is 2.78. The number of hydrogen-bond acceptors (Lipinski definition) is 3. The van der Waals surface area contributed by atoms with Crippen molar-refractivity contribution in [1.29, 1.82) is 0 Å². The van der Waals surface area contributed by atoms with Gasteiger partial charge in [-0.25, -0.2) is 4.39 Å². The number of rotatable bonds is 4. The molecule has 0 saturated heterocycles. The van der Waals surface area contributed by atoms with E-state index in [1.54, 1.807) is 19.1 Å². The molecule has 2 unspecified atom stereocenters. The van der Waals surface area contributed by atoms with Gasteiger partial charge in [0.1, 0.15) is 5.82 Å². The van der Waals surface area contributed by atoms with E-state index in [1.807, 2.05) is 6.92 Å². The van der Waals surface area contributed by atoms with Crippen LogP contribution >= 0.6 is 11.8 Å². The first-order valence-corrected chi connectivity index (χ1v) is 5.75. The topological polar surface area (TPSA) is 46.2 Å². The minimum Gasteiger partial charge on any atom is -0.392 e. The Morgan fingerprint density at radius 2 is 2.13 bits per heavy atom. The highest BCUT2D eigenvalue weighted by Gasteiger charge is 2.13. The summed E-state index contributed by atoms with van der Waals surface area (Å²) in [5, 5.41) is 9.29. The molecule has 0 radical (unpaired) electrons. The van der Waals surface area contributed by atoms with Crippen molar-refractivity contribution in [3.05, 3.63) is 29.6 Å². The highest BCUT2D eigenvalue weighted by molar-refractivity contribution is 8.00. The normalized spacial score (nSPS) is 15.0. The largest absolute Gasteiger partial charge is 0.392 e. The number of aliphatic hydroxyl groups is 1. The summed E-state index contributed by atoms with van der Waals surface area (Å²) in [7, 11) is 0. The van der Waals surface area contributed by atoms with Crippen molar-refractivity contribution in [3.8, 4) is 0 Å². The van der Waals surface area contributed by atoms with Crippen LogP contribution < -0.4 is 5.73 Å². The summed E-state index contributed by atoms with van der Waals surface area (Å²) in [5.74, 6) is -0.268. The van der Waals surface area contributed by atoms with Gasteiger partial charge in [0.15, 0.2) is 0 Å². The van der Waals surface area contributed by atoms with Gasteiger partial charge in [0.25, 0.3) is 0 Å². The Morgan fingerprint density at radius 3 is 2.60 bits per heavy atom. The van der Waals surface area contributed by atoms with Crippen molar-refractivity contribution in [2.45, 2.75) is 36.6 Å². The minimum atomic E-state index is -0.455. The SMILES string of the molecule is CC(O)C(C)Sc1ccc(CN)cc1F. The Labute approximate surface area is 93.7 Å². The third-order valence-electron chi connectivity index (χ3n) is 2.22. The third-order valence-corrected chi connectivity index (χ3v) is 3.57. The lowest BCUT2D eigenvalue weighted by atomic mass is 10.2. The zero-order chi connectivity index (χ0) is 11.4. The van der Waals surface area contributed by atoms with Gasteiger partial charge in [-0.1, -0.05) is 13.0 Å². The van der Waals surface area contributed by atoms with Crippen molar-refractivity contribution in [2.24, 2.45) is 5.73 Å². The molecule has 0 aliphatic carbocycles. The second-order valence-corrected chi connectivity index (χ2v) is 4.95. The first-order valence-electron chi connectivity index (χ1n) is 4.87. The predicted octanol–water partition coefficient (Wildman–Crippen LogP) is 2.15. The number of thioether (sulfide) groups is 1.